The number of amides is 2. The van der Waals surface area contributed by atoms with E-state index in [1.807, 2.05) is 53.2 Å². The number of thiophene rings is 1. The quantitative estimate of drug-likeness (QED) is 0.509. The Morgan fingerprint density at radius 2 is 2.04 bits per heavy atom. The first kappa shape index (κ1) is 17.7. The molecule has 0 fully saturated rings. The molecule has 3 heterocycles. The van der Waals surface area contributed by atoms with Gasteiger partial charge in [0.25, 0.3) is 5.91 Å². The highest BCUT2D eigenvalue weighted by Gasteiger charge is 2.14. The van der Waals surface area contributed by atoms with Crippen LogP contribution >= 0.6 is 22.7 Å². The van der Waals surface area contributed by atoms with Crippen molar-refractivity contribution < 1.29 is 9.59 Å². The van der Waals surface area contributed by atoms with Crippen LogP contribution < -0.4 is 10.6 Å². The van der Waals surface area contributed by atoms with Gasteiger partial charge in [0, 0.05) is 30.2 Å². The van der Waals surface area contributed by atoms with Crippen LogP contribution in [0.1, 0.15) is 35.0 Å². The SMILES string of the molecule is CCCC(=O)Nc1ccc(CNC(=O)c2cc3c(nc4sccn43)s2)cc1. The number of nitrogens with zero attached hydrogens (tertiary/aromatic N) is 2. The highest BCUT2D eigenvalue weighted by atomic mass is 32.1. The van der Waals surface area contributed by atoms with E-state index >= 15 is 0 Å². The molecule has 0 atom stereocenters. The molecule has 27 heavy (non-hydrogen) atoms. The predicted octanol–water partition coefficient (Wildman–Crippen LogP) is 4.28. The largest absolute Gasteiger partial charge is 0.347 e. The Bertz CT molecular complexity index is 1110. The molecular formula is C19H18N4O2S2. The van der Waals surface area contributed by atoms with E-state index in [4.69, 9.17) is 0 Å². The van der Waals surface area contributed by atoms with Crippen LogP contribution in [0.2, 0.25) is 0 Å². The number of carbonyl (C=O) groups excluding carboxylic acids is 2. The second-order valence-electron chi connectivity index (χ2n) is 6.15. The zero-order valence-corrected chi connectivity index (χ0v) is 16.3. The van der Waals surface area contributed by atoms with Crippen molar-refractivity contribution in [3.63, 3.8) is 0 Å². The fraction of sp³-hybridized carbons (Fsp3) is 0.211. The van der Waals surface area contributed by atoms with Crippen LogP contribution in [-0.2, 0) is 11.3 Å². The van der Waals surface area contributed by atoms with Crippen molar-refractivity contribution in [2.75, 3.05) is 5.32 Å². The molecule has 0 aliphatic rings. The second-order valence-corrected chi connectivity index (χ2v) is 8.05. The summed E-state index contributed by atoms with van der Waals surface area (Å²) in [5.74, 6) is -0.0938. The average molecular weight is 399 g/mol. The molecule has 0 bridgehead atoms. The van der Waals surface area contributed by atoms with Gasteiger partial charge >= 0.3 is 0 Å². The number of rotatable bonds is 6. The van der Waals surface area contributed by atoms with Crippen molar-refractivity contribution in [1.29, 1.82) is 0 Å². The molecule has 3 aromatic heterocycles. The Labute approximate surface area is 163 Å². The summed E-state index contributed by atoms with van der Waals surface area (Å²) in [6.45, 7) is 2.40. The van der Waals surface area contributed by atoms with Crippen LogP contribution in [0.3, 0.4) is 0 Å². The molecule has 2 N–H and O–H groups in total. The Hall–Kier alpha value is -2.71. The first-order valence-electron chi connectivity index (χ1n) is 8.66. The molecule has 0 spiro atoms. The minimum absolute atomic E-state index is 0.0151. The van der Waals surface area contributed by atoms with E-state index in [1.165, 1.54) is 11.3 Å². The van der Waals surface area contributed by atoms with Gasteiger partial charge in [-0.25, -0.2) is 4.98 Å². The standard InChI is InChI=1S/C19H18N4O2S2/c1-2-3-16(24)21-13-6-4-12(5-7-13)11-20-17(25)15-10-14-18(27-15)22-19-23(14)8-9-26-19/h4-10H,2-3,11H2,1H3,(H,20,25)(H,21,24). The minimum atomic E-state index is -0.109. The van der Waals surface area contributed by atoms with Crippen LogP contribution in [-0.4, -0.2) is 21.2 Å². The van der Waals surface area contributed by atoms with Crippen molar-refractivity contribution in [2.45, 2.75) is 26.3 Å². The predicted molar refractivity (Wildman–Crippen MR) is 110 cm³/mol. The molecular weight excluding hydrogens is 380 g/mol. The van der Waals surface area contributed by atoms with Crippen molar-refractivity contribution in [2.24, 2.45) is 0 Å². The van der Waals surface area contributed by atoms with E-state index in [0.29, 0.717) is 17.8 Å². The van der Waals surface area contributed by atoms with E-state index in [-0.39, 0.29) is 11.8 Å². The molecule has 1 aromatic carbocycles. The van der Waals surface area contributed by atoms with Gasteiger partial charge in [-0.05, 0) is 30.2 Å². The molecule has 138 valence electrons. The lowest BCUT2D eigenvalue weighted by Crippen LogP contribution is -2.21. The maximum absolute atomic E-state index is 12.5. The van der Waals surface area contributed by atoms with Crippen LogP contribution in [0, 0.1) is 0 Å². The molecule has 6 nitrogen and oxygen atoms in total. The van der Waals surface area contributed by atoms with Gasteiger partial charge in [-0.1, -0.05) is 19.1 Å². The first-order valence-corrected chi connectivity index (χ1v) is 10.4. The van der Waals surface area contributed by atoms with Gasteiger partial charge in [-0.3, -0.25) is 14.0 Å². The molecule has 0 aliphatic carbocycles. The average Bonchev–Trinajstić information content (AvgIpc) is 3.33. The summed E-state index contributed by atoms with van der Waals surface area (Å²) in [5.41, 5.74) is 2.71. The molecule has 0 saturated heterocycles. The van der Waals surface area contributed by atoms with Crippen LogP contribution in [0.15, 0.2) is 41.9 Å². The molecule has 0 unspecified atom stereocenters. The molecule has 4 rings (SSSR count). The van der Waals surface area contributed by atoms with Gasteiger partial charge in [-0.2, -0.15) is 0 Å². The third kappa shape index (κ3) is 3.72. The van der Waals surface area contributed by atoms with Gasteiger partial charge in [-0.15, -0.1) is 22.7 Å². The summed E-state index contributed by atoms with van der Waals surface area (Å²) >= 11 is 2.98. The lowest BCUT2D eigenvalue weighted by atomic mass is 10.2. The molecule has 2 amide bonds. The van der Waals surface area contributed by atoms with Crippen molar-refractivity contribution in [1.82, 2.24) is 14.7 Å². The number of anilines is 1. The third-order valence-corrected chi connectivity index (χ3v) is 5.90. The van der Waals surface area contributed by atoms with Gasteiger partial charge in [0.15, 0.2) is 4.96 Å². The summed E-state index contributed by atoms with van der Waals surface area (Å²) in [7, 11) is 0. The van der Waals surface area contributed by atoms with Gasteiger partial charge in [0.1, 0.15) is 4.83 Å². The monoisotopic (exact) mass is 398 g/mol. The number of carbonyl (C=O) groups is 2. The summed E-state index contributed by atoms with van der Waals surface area (Å²) in [6, 6.07) is 9.39. The Morgan fingerprint density at radius 1 is 1.22 bits per heavy atom. The Kier molecular flexibility index (Phi) is 4.91. The summed E-state index contributed by atoms with van der Waals surface area (Å²) in [4.78, 5) is 31.1. The zero-order valence-electron chi connectivity index (χ0n) is 14.7. The number of hydrogen-bond acceptors (Lipinski definition) is 5. The van der Waals surface area contributed by atoms with Crippen molar-refractivity contribution in [3.05, 3.63) is 52.3 Å². The molecule has 4 aromatic rings. The minimum Gasteiger partial charge on any atom is -0.347 e. The fourth-order valence-corrected chi connectivity index (χ4v) is 4.50. The van der Waals surface area contributed by atoms with E-state index in [9.17, 15) is 9.59 Å². The second kappa shape index (κ2) is 7.50. The van der Waals surface area contributed by atoms with E-state index < -0.39 is 0 Å². The summed E-state index contributed by atoms with van der Waals surface area (Å²) in [5, 5.41) is 7.77. The summed E-state index contributed by atoms with van der Waals surface area (Å²) in [6.07, 6.45) is 3.30. The van der Waals surface area contributed by atoms with Crippen LogP contribution in [0.5, 0.6) is 0 Å². The number of fused-ring (bicyclic) bond motifs is 3. The van der Waals surface area contributed by atoms with E-state index in [2.05, 4.69) is 15.6 Å². The smallest absolute Gasteiger partial charge is 0.261 e. The first-order chi connectivity index (χ1) is 13.1. The number of thiazole rings is 1. The highest BCUT2D eigenvalue weighted by Crippen LogP contribution is 2.28. The lowest BCUT2D eigenvalue weighted by molar-refractivity contribution is -0.116. The summed E-state index contributed by atoms with van der Waals surface area (Å²) < 4.78 is 2.00. The van der Waals surface area contributed by atoms with Crippen LogP contribution in [0.25, 0.3) is 15.3 Å². The normalized spacial score (nSPS) is 11.1. The zero-order chi connectivity index (χ0) is 18.8. The topological polar surface area (TPSA) is 75.5 Å². The van der Waals surface area contributed by atoms with Gasteiger partial charge in [0.05, 0.1) is 10.4 Å². The highest BCUT2D eigenvalue weighted by molar-refractivity contribution is 7.21. The van der Waals surface area contributed by atoms with E-state index in [1.54, 1.807) is 11.3 Å². The Balaban J connectivity index is 1.38. The number of imidazole rings is 1. The van der Waals surface area contributed by atoms with E-state index in [0.717, 1.165) is 33.0 Å². The van der Waals surface area contributed by atoms with Crippen molar-refractivity contribution >= 4 is 55.5 Å². The lowest BCUT2D eigenvalue weighted by Gasteiger charge is -2.07. The van der Waals surface area contributed by atoms with Gasteiger partial charge in [0.2, 0.25) is 5.91 Å². The van der Waals surface area contributed by atoms with Crippen molar-refractivity contribution in [3.8, 4) is 0 Å². The number of nitrogens with one attached hydrogen (secondary N) is 2. The van der Waals surface area contributed by atoms with Gasteiger partial charge < -0.3 is 10.6 Å². The number of aromatic nitrogens is 2. The Morgan fingerprint density at radius 3 is 2.81 bits per heavy atom. The fourth-order valence-electron chi connectivity index (χ4n) is 2.79. The third-order valence-electron chi connectivity index (χ3n) is 4.13. The molecule has 0 saturated carbocycles. The molecule has 8 heteroatoms. The van der Waals surface area contributed by atoms with Crippen LogP contribution in [0.4, 0.5) is 5.69 Å². The number of benzene rings is 1. The maximum atomic E-state index is 12.5. The molecule has 0 aliphatic heterocycles. The number of hydrogen-bond donors (Lipinski definition) is 2. The molecule has 0 radical (unpaired) electrons. The maximum Gasteiger partial charge on any atom is 0.261 e.